The fraction of sp³-hybridized carbons (Fsp3) is 0.800. The van der Waals surface area contributed by atoms with Crippen LogP contribution in [0.3, 0.4) is 0 Å². The van der Waals surface area contributed by atoms with Crippen molar-refractivity contribution in [1.29, 1.82) is 0 Å². The minimum absolute atomic E-state index is 0.0499. The Bertz CT molecular complexity index is 193. The van der Waals surface area contributed by atoms with Gasteiger partial charge in [-0.2, -0.15) is 0 Å². The van der Waals surface area contributed by atoms with Gasteiger partial charge in [0.25, 0.3) is 0 Å². The monoisotopic (exact) mass is 215 g/mol. The Morgan fingerprint density at radius 3 is 2.00 bits per heavy atom. The van der Waals surface area contributed by atoms with Crippen molar-refractivity contribution >= 4 is 11.8 Å². The van der Waals surface area contributed by atoms with Gasteiger partial charge in [-0.3, -0.25) is 9.59 Å². The molecule has 0 radical (unpaired) electrons. The third-order valence-corrected chi connectivity index (χ3v) is 2.02. The highest BCUT2D eigenvalue weighted by Gasteiger charge is 2.04. The van der Waals surface area contributed by atoms with Crippen molar-refractivity contribution in [1.82, 2.24) is 15.1 Å². The van der Waals surface area contributed by atoms with Crippen LogP contribution < -0.4 is 5.32 Å². The van der Waals surface area contributed by atoms with Crippen molar-refractivity contribution in [2.75, 3.05) is 41.3 Å². The van der Waals surface area contributed by atoms with Crippen molar-refractivity contribution in [2.24, 2.45) is 0 Å². The number of rotatable bonds is 6. The van der Waals surface area contributed by atoms with Crippen LogP contribution in [0.25, 0.3) is 0 Å². The van der Waals surface area contributed by atoms with E-state index in [4.69, 9.17) is 0 Å². The summed E-state index contributed by atoms with van der Waals surface area (Å²) in [6, 6.07) is 0. The van der Waals surface area contributed by atoms with Gasteiger partial charge in [-0.25, -0.2) is 0 Å². The van der Waals surface area contributed by atoms with E-state index in [0.717, 1.165) is 6.42 Å². The first-order chi connectivity index (χ1) is 6.95. The van der Waals surface area contributed by atoms with Gasteiger partial charge in [0.1, 0.15) is 0 Å². The molecule has 0 saturated carbocycles. The number of carbonyl (C=O) groups is 2. The highest BCUT2D eigenvalue weighted by Crippen LogP contribution is 1.91. The van der Waals surface area contributed by atoms with Crippen LogP contribution in [0.4, 0.5) is 0 Å². The molecule has 0 bridgehead atoms. The normalized spacial score (nSPS) is 9.87. The third kappa shape index (κ3) is 6.90. The maximum absolute atomic E-state index is 11.2. The second-order valence-corrected chi connectivity index (χ2v) is 3.86. The Labute approximate surface area is 91.4 Å². The van der Waals surface area contributed by atoms with E-state index in [1.807, 2.05) is 0 Å². The molecule has 0 aliphatic rings. The summed E-state index contributed by atoms with van der Waals surface area (Å²) < 4.78 is 0. The van der Waals surface area contributed by atoms with Crippen molar-refractivity contribution < 1.29 is 9.59 Å². The topological polar surface area (TPSA) is 52.7 Å². The fourth-order valence-electron chi connectivity index (χ4n) is 0.942. The van der Waals surface area contributed by atoms with E-state index in [2.05, 4.69) is 5.32 Å². The molecule has 5 nitrogen and oxygen atoms in total. The fourth-order valence-corrected chi connectivity index (χ4v) is 0.942. The van der Waals surface area contributed by atoms with Crippen molar-refractivity contribution in [2.45, 2.75) is 12.8 Å². The van der Waals surface area contributed by atoms with Crippen molar-refractivity contribution in [3.63, 3.8) is 0 Å². The summed E-state index contributed by atoms with van der Waals surface area (Å²) in [6.45, 7) is 1.03. The Hall–Kier alpha value is -1.10. The van der Waals surface area contributed by atoms with Gasteiger partial charge in [-0.05, 0) is 13.0 Å². The number of carbonyl (C=O) groups excluding carboxylic acids is 2. The molecule has 15 heavy (non-hydrogen) atoms. The van der Waals surface area contributed by atoms with Gasteiger partial charge in [0.05, 0.1) is 6.54 Å². The van der Waals surface area contributed by atoms with Crippen LogP contribution in [0.15, 0.2) is 0 Å². The number of hydrogen-bond donors (Lipinski definition) is 1. The molecule has 0 aliphatic heterocycles. The maximum Gasteiger partial charge on any atom is 0.236 e. The summed E-state index contributed by atoms with van der Waals surface area (Å²) in [5, 5.41) is 3.00. The molecule has 0 fully saturated rings. The van der Waals surface area contributed by atoms with Crippen LogP contribution in [0.2, 0.25) is 0 Å². The van der Waals surface area contributed by atoms with Gasteiger partial charge in [-0.15, -0.1) is 0 Å². The summed E-state index contributed by atoms with van der Waals surface area (Å²) >= 11 is 0. The predicted molar refractivity (Wildman–Crippen MR) is 59.5 cm³/mol. The quantitative estimate of drug-likeness (QED) is 0.610. The highest BCUT2D eigenvalue weighted by molar-refractivity contribution is 5.77. The Balaban J connectivity index is 3.40. The number of nitrogens with zero attached hydrogens (tertiary/aromatic N) is 2. The molecule has 1 N–H and O–H groups in total. The van der Waals surface area contributed by atoms with Gasteiger partial charge in [0, 0.05) is 34.6 Å². The molecule has 2 amide bonds. The van der Waals surface area contributed by atoms with Crippen LogP contribution in [-0.2, 0) is 9.59 Å². The molecule has 0 aromatic heterocycles. The zero-order valence-electron chi connectivity index (χ0n) is 10.0. The minimum atomic E-state index is 0.0499. The van der Waals surface area contributed by atoms with Gasteiger partial charge >= 0.3 is 0 Å². The smallest absolute Gasteiger partial charge is 0.236 e. The molecule has 0 aromatic rings. The van der Waals surface area contributed by atoms with Crippen LogP contribution in [0, 0.1) is 0 Å². The lowest BCUT2D eigenvalue weighted by Gasteiger charge is -2.12. The predicted octanol–water partition coefficient (Wildman–Crippen LogP) is -0.467. The molecule has 0 unspecified atom stereocenters. The lowest BCUT2D eigenvalue weighted by atomic mass is 10.3. The van der Waals surface area contributed by atoms with E-state index < -0.39 is 0 Å². The average Bonchev–Trinajstić information content (AvgIpc) is 2.16. The summed E-state index contributed by atoms with van der Waals surface area (Å²) in [5.74, 6) is 0.171. The van der Waals surface area contributed by atoms with E-state index in [1.54, 1.807) is 33.1 Å². The molecular formula is C10H21N3O2. The Morgan fingerprint density at radius 1 is 1.00 bits per heavy atom. The summed E-state index contributed by atoms with van der Waals surface area (Å²) in [5.41, 5.74) is 0. The standard InChI is InChI=1S/C10H21N3O2/c1-12(2)9(14)6-5-7-11-8-10(15)13(3)4/h11H,5-8H2,1-4H3. The molecule has 0 spiro atoms. The largest absolute Gasteiger partial charge is 0.349 e. The minimum Gasteiger partial charge on any atom is -0.349 e. The van der Waals surface area contributed by atoms with E-state index in [-0.39, 0.29) is 11.8 Å². The molecule has 0 rings (SSSR count). The SMILES string of the molecule is CN(C)C(=O)CCCNCC(=O)N(C)C. The van der Waals surface area contributed by atoms with E-state index in [1.165, 1.54) is 4.90 Å². The second-order valence-electron chi connectivity index (χ2n) is 3.86. The zero-order chi connectivity index (χ0) is 11.8. The number of nitrogens with one attached hydrogen (secondary N) is 1. The molecule has 88 valence electrons. The van der Waals surface area contributed by atoms with Crippen LogP contribution in [-0.4, -0.2) is 62.9 Å². The van der Waals surface area contributed by atoms with Crippen LogP contribution in [0.1, 0.15) is 12.8 Å². The van der Waals surface area contributed by atoms with Crippen molar-refractivity contribution in [3.8, 4) is 0 Å². The van der Waals surface area contributed by atoms with Crippen LogP contribution >= 0.6 is 0 Å². The number of amides is 2. The Morgan fingerprint density at radius 2 is 1.53 bits per heavy atom. The third-order valence-electron chi connectivity index (χ3n) is 2.02. The first-order valence-corrected chi connectivity index (χ1v) is 5.06. The number of likely N-dealkylation sites (N-methyl/N-ethyl adjacent to an activating group) is 1. The zero-order valence-corrected chi connectivity index (χ0v) is 10.0. The summed E-state index contributed by atoms with van der Waals surface area (Å²) in [4.78, 5) is 25.4. The first-order valence-electron chi connectivity index (χ1n) is 5.06. The second kappa shape index (κ2) is 7.23. The lowest BCUT2D eigenvalue weighted by Crippen LogP contribution is -2.33. The van der Waals surface area contributed by atoms with Crippen LogP contribution in [0.5, 0.6) is 0 Å². The van der Waals surface area contributed by atoms with E-state index in [0.29, 0.717) is 19.5 Å². The van der Waals surface area contributed by atoms with E-state index in [9.17, 15) is 9.59 Å². The molecule has 0 heterocycles. The molecule has 0 aromatic carbocycles. The van der Waals surface area contributed by atoms with Gasteiger partial charge < -0.3 is 15.1 Å². The van der Waals surface area contributed by atoms with Gasteiger partial charge in [0.15, 0.2) is 0 Å². The van der Waals surface area contributed by atoms with Crippen molar-refractivity contribution in [3.05, 3.63) is 0 Å². The number of hydrogen-bond acceptors (Lipinski definition) is 3. The highest BCUT2D eigenvalue weighted by atomic mass is 16.2. The Kier molecular flexibility index (Phi) is 6.70. The lowest BCUT2D eigenvalue weighted by molar-refractivity contribution is -0.128. The summed E-state index contributed by atoms with van der Waals surface area (Å²) in [7, 11) is 6.93. The molecule has 5 heteroatoms. The van der Waals surface area contributed by atoms with E-state index >= 15 is 0 Å². The molecule has 0 atom stereocenters. The molecular weight excluding hydrogens is 194 g/mol. The first kappa shape index (κ1) is 13.9. The molecule has 0 aliphatic carbocycles. The molecule has 0 saturated heterocycles. The van der Waals surface area contributed by atoms with Gasteiger partial charge in [-0.1, -0.05) is 0 Å². The summed E-state index contributed by atoms with van der Waals surface area (Å²) in [6.07, 6.45) is 1.29. The van der Waals surface area contributed by atoms with Gasteiger partial charge in [0.2, 0.25) is 11.8 Å². The average molecular weight is 215 g/mol. The maximum atomic E-state index is 11.2.